The normalized spacial score (nSPS) is 21.6. The van der Waals surface area contributed by atoms with Crippen LogP contribution in [-0.2, 0) is 11.3 Å². The fourth-order valence-corrected chi connectivity index (χ4v) is 2.53. The molecule has 0 bridgehead atoms. The fourth-order valence-electron chi connectivity index (χ4n) is 2.53. The third kappa shape index (κ3) is 3.58. The average molecular weight is 281 g/mol. The summed E-state index contributed by atoms with van der Waals surface area (Å²) in [5.41, 5.74) is 0.488. The summed E-state index contributed by atoms with van der Waals surface area (Å²) in [5.74, 6) is 0.341. The maximum absolute atomic E-state index is 12.0. The van der Waals surface area contributed by atoms with Crippen LogP contribution >= 0.6 is 0 Å². The van der Waals surface area contributed by atoms with Crippen LogP contribution in [0.4, 0.5) is 0 Å². The first-order chi connectivity index (χ1) is 9.53. The van der Waals surface area contributed by atoms with Crippen LogP contribution in [0.15, 0.2) is 10.6 Å². The Bertz CT molecular complexity index is 456. The number of rotatable bonds is 5. The quantitative estimate of drug-likeness (QED) is 0.851. The number of carbonyl (C=O) groups excluding carboxylic acids is 1. The Kier molecular flexibility index (Phi) is 4.77. The van der Waals surface area contributed by atoms with Crippen LogP contribution in [0.3, 0.4) is 0 Å². The molecule has 2 rings (SSSR count). The van der Waals surface area contributed by atoms with Gasteiger partial charge in [-0.1, -0.05) is 19.0 Å². The van der Waals surface area contributed by atoms with Crippen molar-refractivity contribution in [1.29, 1.82) is 0 Å². The Balaban J connectivity index is 1.87. The summed E-state index contributed by atoms with van der Waals surface area (Å²) < 4.78 is 9.94. The SMILES string of the molecule is COCc1cc(C(=O)NCC2NCCCC2(C)C)no1. The molecule has 112 valence electrons. The van der Waals surface area contributed by atoms with Crippen molar-refractivity contribution in [2.75, 3.05) is 20.2 Å². The Morgan fingerprint density at radius 1 is 1.65 bits per heavy atom. The number of nitrogens with one attached hydrogen (secondary N) is 2. The van der Waals surface area contributed by atoms with E-state index in [9.17, 15) is 4.79 Å². The van der Waals surface area contributed by atoms with Crippen molar-refractivity contribution in [2.45, 2.75) is 39.3 Å². The van der Waals surface area contributed by atoms with Crippen LogP contribution in [0.1, 0.15) is 42.9 Å². The number of hydrogen-bond acceptors (Lipinski definition) is 5. The van der Waals surface area contributed by atoms with Gasteiger partial charge in [0.05, 0.1) is 0 Å². The molecule has 1 aliphatic heterocycles. The molecule has 0 aliphatic carbocycles. The molecule has 1 unspecified atom stereocenters. The van der Waals surface area contributed by atoms with Gasteiger partial charge in [-0.25, -0.2) is 0 Å². The van der Waals surface area contributed by atoms with E-state index in [2.05, 4.69) is 29.6 Å². The highest BCUT2D eigenvalue weighted by Crippen LogP contribution is 2.29. The molecule has 1 amide bonds. The largest absolute Gasteiger partial charge is 0.377 e. The van der Waals surface area contributed by atoms with Gasteiger partial charge in [-0.15, -0.1) is 0 Å². The van der Waals surface area contributed by atoms with Crippen LogP contribution in [0.5, 0.6) is 0 Å². The first-order valence-electron chi connectivity index (χ1n) is 6.99. The van der Waals surface area contributed by atoms with E-state index in [1.807, 2.05) is 0 Å². The number of carbonyl (C=O) groups is 1. The number of nitrogens with zero attached hydrogens (tertiary/aromatic N) is 1. The second-order valence-electron chi connectivity index (χ2n) is 5.92. The Labute approximate surface area is 119 Å². The zero-order valence-electron chi connectivity index (χ0n) is 12.4. The van der Waals surface area contributed by atoms with Crippen molar-refractivity contribution in [3.63, 3.8) is 0 Å². The summed E-state index contributed by atoms with van der Waals surface area (Å²) in [6.45, 7) is 6.37. The summed E-state index contributed by atoms with van der Waals surface area (Å²) in [7, 11) is 1.57. The molecule has 1 aliphatic rings. The molecule has 2 heterocycles. The molecule has 0 aromatic carbocycles. The second-order valence-corrected chi connectivity index (χ2v) is 5.92. The van der Waals surface area contributed by atoms with Gasteiger partial charge in [-0.2, -0.15) is 0 Å². The molecule has 2 N–H and O–H groups in total. The molecule has 6 heteroatoms. The van der Waals surface area contributed by atoms with E-state index < -0.39 is 0 Å². The van der Waals surface area contributed by atoms with Gasteiger partial charge in [0.1, 0.15) is 6.61 Å². The minimum atomic E-state index is -0.209. The third-order valence-corrected chi connectivity index (χ3v) is 3.88. The Morgan fingerprint density at radius 3 is 3.15 bits per heavy atom. The van der Waals surface area contributed by atoms with E-state index in [-0.39, 0.29) is 17.4 Å². The molecule has 20 heavy (non-hydrogen) atoms. The summed E-state index contributed by atoms with van der Waals surface area (Å²) in [6.07, 6.45) is 2.35. The predicted molar refractivity (Wildman–Crippen MR) is 74.4 cm³/mol. The molecule has 1 saturated heterocycles. The predicted octanol–water partition coefficient (Wildman–Crippen LogP) is 1.33. The topological polar surface area (TPSA) is 76.4 Å². The van der Waals surface area contributed by atoms with E-state index in [1.54, 1.807) is 13.2 Å². The number of aromatic nitrogens is 1. The molecule has 1 fully saturated rings. The highest BCUT2D eigenvalue weighted by Gasteiger charge is 2.32. The van der Waals surface area contributed by atoms with Gasteiger partial charge in [0.2, 0.25) is 0 Å². The molecule has 0 radical (unpaired) electrons. The van der Waals surface area contributed by atoms with Crippen molar-refractivity contribution >= 4 is 5.91 Å². The average Bonchev–Trinajstić information content (AvgIpc) is 2.86. The van der Waals surface area contributed by atoms with Crippen molar-refractivity contribution in [3.8, 4) is 0 Å². The second kappa shape index (κ2) is 6.37. The summed E-state index contributed by atoms with van der Waals surface area (Å²) in [5, 5.41) is 10.1. The molecule has 0 spiro atoms. The first kappa shape index (κ1) is 15.0. The van der Waals surface area contributed by atoms with Crippen LogP contribution in [-0.4, -0.2) is 37.3 Å². The van der Waals surface area contributed by atoms with Crippen LogP contribution in [0.25, 0.3) is 0 Å². The van der Waals surface area contributed by atoms with Gasteiger partial charge in [0, 0.05) is 25.8 Å². The lowest BCUT2D eigenvalue weighted by Gasteiger charge is -2.39. The van der Waals surface area contributed by atoms with E-state index >= 15 is 0 Å². The number of amides is 1. The van der Waals surface area contributed by atoms with Crippen molar-refractivity contribution in [2.24, 2.45) is 5.41 Å². The van der Waals surface area contributed by atoms with E-state index in [4.69, 9.17) is 9.26 Å². The number of hydrogen-bond donors (Lipinski definition) is 2. The van der Waals surface area contributed by atoms with E-state index in [0.29, 0.717) is 24.6 Å². The van der Waals surface area contributed by atoms with Gasteiger partial charge in [0.25, 0.3) is 5.91 Å². The van der Waals surface area contributed by atoms with Gasteiger partial charge in [0.15, 0.2) is 11.5 Å². The number of piperidine rings is 1. The first-order valence-corrected chi connectivity index (χ1v) is 6.99. The van der Waals surface area contributed by atoms with Crippen LogP contribution < -0.4 is 10.6 Å². The summed E-state index contributed by atoms with van der Waals surface area (Å²) in [6, 6.07) is 1.89. The van der Waals surface area contributed by atoms with Gasteiger partial charge in [-0.05, 0) is 24.8 Å². The zero-order valence-corrected chi connectivity index (χ0v) is 12.4. The fraction of sp³-hybridized carbons (Fsp3) is 0.714. The molecule has 0 saturated carbocycles. The molecule has 1 aromatic heterocycles. The van der Waals surface area contributed by atoms with Crippen molar-refractivity contribution in [3.05, 3.63) is 17.5 Å². The van der Waals surface area contributed by atoms with Crippen molar-refractivity contribution in [1.82, 2.24) is 15.8 Å². The summed E-state index contributed by atoms with van der Waals surface area (Å²) >= 11 is 0. The Morgan fingerprint density at radius 2 is 2.45 bits per heavy atom. The van der Waals surface area contributed by atoms with Crippen LogP contribution in [0, 0.1) is 5.41 Å². The van der Waals surface area contributed by atoms with Gasteiger partial charge >= 0.3 is 0 Å². The van der Waals surface area contributed by atoms with E-state index in [1.165, 1.54) is 12.8 Å². The van der Waals surface area contributed by atoms with Gasteiger partial charge < -0.3 is 19.9 Å². The third-order valence-electron chi connectivity index (χ3n) is 3.88. The van der Waals surface area contributed by atoms with Crippen molar-refractivity contribution < 1.29 is 14.1 Å². The lowest BCUT2D eigenvalue weighted by Crippen LogP contribution is -2.52. The molecular weight excluding hydrogens is 258 g/mol. The maximum Gasteiger partial charge on any atom is 0.273 e. The highest BCUT2D eigenvalue weighted by molar-refractivity contribution is 5.92. The standard InChI is InChI=1S/C14H23N3O3/c1-14(2)5-4-6-15-12(14)8-16-13(18)11-7-10(9-19-3)20-17-11/h7,12,15H,4-6,8-9H2,1-3H3,(H,16,18). The van der Waals surface area contributed by atoms with Gasteiger partial charge in [-0.3, -0.25) is 4.79 Å². The highest BCUT2D eigenvalue weighted by atomic mass is 16.5. The minimum absolute atomic E-state index is 0.191. The molecular formula is C14H23N3O3. The van der Waals surface area contributed by atoms with E-state index in [0.717, 1.165) is 6.54 Å². The lowest BCUT2D eigenvalue weighted by molar-refractivity contribution is 0.0919. The number of methoxy groups -OCH3 is 1. The monoisotopic (exact) mass is 281 g/mol. The molecule has 1 aromatic rings. The lowest BCUT2D eigenvalue weighted by atomic mass is 9.77. The minimum Gasteiger partial charge on any atom is -0.377 e. The maximum atomic E-state index is 12.0. The molecule has 1 atom stereocenters. The smallest absolute Gasteiger partial charge is 0.273 e. The summed E-state index contributed by atoms with van der Waals surface area (Å²) in [4.78, 5) is 12.0. The number of ether oxygens (including phenoxy) is 1. The zero-order chi connectivity index (χ0) is 14.6. The molecule has 6 nitrogen and oxygen atoms in total. The van der Waals surface area contributed by atoms with Crippen LogP contribution in [0.2, 0.25) is 0 Å². The Hall–Kier alpha value is -1.40.